The molecule has 0 aromatic heterocycles. The van der Waals surface area contributed by atoms with Crippen molar-refractivity contribution in [3.05, 3.63) is 54.1 Å². The Morgan fingerprint density at radius 2 is 2.03 bits per heavy atom. The molecule has 2 amide bonds. The lowest BCUT2D eigenvalue weighted by molar-refractivity contribution is -0.129. The van der Waals surface area contributed by atoms with Crippen molar-refractivity contribution in [2.45, 2.75) is 31.1 Å². The summed E-state index contributed by atoms with van der Waals surface area (Å²) in [5, 5.41) is 2.55. The average Bonchev–Trinajstić information content (AvgIpc) is 2.68. The summed E-state index contributed by atoms with van der Waals surface area (Å²) in [6.45, 7) is 4.11. The lowest BCUT2D eigenvalue weighted by Crippen LogP contribution is -2.45. The number of thioether (sulfide) groups is 1. The number of carbonyl (C=O) groups is 2. The van der Waals surface area contributed by atoms with Gasteiger partial charge in [0.25, 0.3) is 0 Å². The van der Waals surface area contributed by atoms with E-state index in [-0.39, 0.29) is 24.0 Å². The number of carbonyl (C=O) groups excluding carboxylic acids is 2. The molecular weight excluding hydrogens is 448 g/mol. The molecule has 31 heavy (non-hydrogen) atoms. The average molecular weight is 468 g/mol. The number of aryl methyl sites for hydroxylation is 1. The highest BCUT2D eigenvalue weighted by atomic mass is 35.5. The number of nitrogens with one attached hydrogen (secondary N) is 1. The molecule has 3 rings (SSSR count). The Balaban J connectivity index is 1.77. The number of hydrogen-bond donors (Lipinski definition) is 1. The monoisotopic (exact) mass is 467 g/mol. The largest absolute Gasteiger partial charge is 0.487 e. The molecule has 164 valence electrons. The standard InChI is InChI=1S/C21H20ClF2N3O3S/c1-3-27-18(28)12-17(19(29)25-15-6-4-5-13(2)11-15)31-20(27)26-14-7-9-16(10-8-14)30-21(22,23)24/h4-11,17H,3,12H2,1-2H3,(H,25,29)/t17-/m0/s1. The summed E-state index contributed by atoms with van der Waals surface area (Å²) < 4.78 is 29.8. The fourth-order valence-electron chi connectivity index (χ4n) is 2.93. The van der Waals surface area contributed by atoms with Crippen LogP contribution in [0, 0.1) is 6.92 Å². The van der Waals surface area contributed by atoms with Crippen LogP contribution in [0.2, 0.25) is 0 Å². The molecule has 10 heteroatoms. The maximum Gasteiger partial charge on any atom is 0.487 e. The van der Waals surface area contributed by atoms with Crippen LogP contribution in [0.25, 0.3) is 0 Å². The number of amidine groups is 1. The van der Waals surface area contributed by atoms with Gasteiger partial charge in [0.05, 0.1) is 5.69 Å². The molecule has 0 aliphatic carbocycles. The second-order valence-electron chi connectivity index (χ2n) is 6.74. The van der Waals surface area contributed by atoms with Crippen LogP contribution in [0.15, 0.2) is 53.5 Å². The number of aliphatic imine (C=N–C) groups is 1. The predicted molar refractivity (Wildman–Crippen MR) is 118 cm³/mol. The Hall–Kier alpha value is -2.65. The number of rotatable bonds is 6. The van der Waals surface area contributed by atoms with Gasteiger partial charge >= 0.3 is 5.57 Å². The van der Waals surface area contributed by atoms with Gasteiger partial charge in [-0.2, -0.15) is 0 Å². The van der Waals surface area contributed by atoms with Gasteiger partial charge in [-0.05, 0) is 55.8 Å². The molecule has 1 N–H and O–H groups in total. The van der Waals surface area contributed by atoms with Crippen molar-refractivity contribution in [3.8, 4) is 5.75 Å². The van der Waals surface area contributed by atoms with Crippen molar-refractivity contribution in [2.24, 2.45) is 4.99 Å². The fourth-order valence-corrected chi connectivity index (χ4v) is 4.18. The number of nitrogens with zero attached hydrogens (tertiary/aromatic N) is 2. The first kappa shape index (κ1) is 23.0. The molecule has 1 aliphatic rings. The van der Waals surface area contributed by atoms with Crippen LogP contribution in [0.1, 0.15) is 18.9 Å². The van der Waals surface area contributed by atoms with Crippen molar-refractivity contribution in [3.63, 3.8) is 0 Å². The number of halogens is 3. The number of ether oxygens (including phenoxy) is 1. The second-order valence-corrected chi connectivity index (χ2v) is 8.35. The quantitative estimate of drug-likeness (QED) is 0.597. The normalized spacial score (nSPS) is 18.2. The third-order valence-electron chi connectivity index (χ3n) is 4.33. The minimum atomic E-state index is -3.81. The lowest BCUT2D eigenvalue weighted by atomic mass is 10.2. The highest BCUT2D eigenvalue weighted by Gasteiger charge is 2.35. The molecule has 6 nitrogen and oxygen atoms in total. The fraction of sp³-hybridized carbons (Fsp3) is 0.286. The van der Waals surface area contributed by atoms with E-state index in [2.05, 4.69) is 15.0 Å². The molecule has 0 spiro atoms. The summed E-state index contributed by atoms with van der Waals surface area (Å²) in [4.78, 5) is 31.3. The van der Waals surface area contributed by atoms with Gasteiger partial charge in [-0.25, -0.2) is 4.99 Å². The predicted octanol–water partition coefficient (Wildman–Crippen LogP) is 5.14. The van der Waals surface area contributed by atoms with Crippen LogP contribution in [-0.2, 0) is 9.59 Å². The van der Waals surface area contributed by atoms with E-state index in [1.165, 1.54) is 40.9 Å². The zero-order chi connectivity index (χ0) is 22.6. The van der Waals surface area contributed by atoms with Crippen molar-refractivity contribution >= 4 is 51.7 Å². The minimum absolute atomic E-state index is 0.0484. The van der Waals surface area contributed by atoms with Crippen LogP contribution >= 0.6 is 23.4 Å². The van der Waals surface area contributed by atoms with Gasteiger partial charge in [0, 0.05) is 30.3 Å². The zero-order valence-corrected chi connectivity index (χ0v) is 18.3. The third-order valence-corrected chi connectivity index (χ3v) is 5.59. The molecule has 1 atom stereocenters. The molecule has 1 fully saturated rings. The van der Waals surface area contributed by atoms with Gasteiger partial charge in [0.2, 0.25) is 11.8 Å². The summed E-state index contributed by atoms with van der Waals surface area (Å²) in [7, 11) is 0. The van der Waals surface area contributed by atoms with E-state index in [9.17, 15) is 18.4 Å². The lowest BCUT2D eigenvalue weighted by Gasteiger charge is -2.31. The summed E-state index contributed by atoms with van der Waals surface area (Å²) >= 11 is 5.94. The number of anilines is 1. The van der Waals surface area contributed by atoms with Crippen molar-refractivity contribution in [1.29, 1.82) is 0 Å². The van der Waals surface area contributed by atoms with Crippen LogP contribution in [0.4, 0.5) is 20.2 Å². The van der Waals surface area contributed by atoms with E-state index in [0.717, 1.165) is 5.56 Å². The van der Waals surface area contributed by atoms with E-state index in [4.69, 9.17) is 11.6 Å². The molecule has 0 bridgehead atoms. The first-order chi connectivity index (χ1) is 14.6. The summed E-state index contributed by atoms with van der Waals surface area (Å²) in [6.07, 6.45) is 0.0484. The van der Waals surface area contributed by atoms with Gasteiger partial charge < -0.3 is 10.1 Å². The molecule has 0 saturated carbocycles. The van der Waals surface area contributed by atoms with E-state index in [1.54, 1.807) is 13.0 Å². The van der Waals surface area contributed by atoms with E-state index in [0.29, 0.717) is 23.1 Å². The van der Waals surface area contributed by atoms with Gasteiger partial charge in [0.1, 0.15) is 11.0 Å². The molecule has 1 saturated heterocycles. The SMILES string of the molecule is CCN1C(=O)C[C@@H](C(=O)Nc2cccc(C)c2)SC1=Nc1ccc(OC(F)(F)Cl)cc1. The Morgan fingerprint density at radius 3 is 2.65 bits per heavy atom. The third kappa shape index (κ3) is 6.41. The van der Waals surface area contributed by atoms with Crippen molar-refractivity contribution in [1.82, 2.24) is 4.90 Å². The number of alkyl halides is 3. The van der Waals surface area contributed by atoms with Gasteiger partial charge in [0.15, 0.2) is 5.17 Å². The summed E-state index contributed by atoms with van der Waals surface area (Å²) in [5.41, 5.74) is -1.74. The Kier molecular flexibility index (Phi) is 7.17. The summed E-state index contributed by atoms with van der Waals surface area (Å²) in [5.74, 6) is -0.634. The van der Waals surface area contributed by atoms with Crippen molar-refractivity contribution < 1.29 is 23.1 Å². The summed E-state index contributed by atoms with van der Waals surface area (Å²) in [6, 6.07) is 12.9. The Morgan fingerprint density at radius 1 is 1.32 bits per heavy atom. The van der Waals surface area contributed by atoms with E-state index >= 15 is 0 Å². The molecule has 1 aliphatic heterocycles. The van der Waals surface area contributed by atoms with Gasteiger partial charge in [-0.15, -0.1) is 8.78 Å². The number of amides is 2. The molecule has 0 unspecified atom stereocenters. The first-order valence-electron chi connectivity index (χ1n) is 9.43. The Bertz CT molecular complexity index is 996. The van der Waals surface area contributed by atoms with E-state index < -0.39 is 10.8 Å². The number of hydrogen-bond acceptors (Lipinski definition) is 5. The molecule has 2 aromatic carbocycles. The maximum absolute atomic E-state index is 12.7. The van der Waals surface area contributed by atoms with Gasteiger partial charge in [-0.1, -0.05) is 23.9 Å². The zero-order valence-electron chi connectivity index (χ0n) is 16.8. The minimum Gasteiger partial charge on any atom is -0.420 e. The van der Waals surface area contributed by atoms with Crippen LogP contribution < -0.4 is 10.1 Å². The topological polar surface area (TPSA) is 71.0 Å². The highest BCUT2D eigenvalue weighted by Crippen LogP contribution is 2.31. The maximum atomic E-state index is 12.7. The number of benzene rings is 2. The van der Waals surface area contributed by atoms with Gasteiger partial charge in [-0.3, -0.25) is 14.5 Å². The first-order valence-corrected chi connectivity index (χ1v) is 10.7. The van der Waals surface area contributed by atoms with Crippen LogP contribution in [0.5, 0.6) is 5.75 Å². The highest BCUT2D eigenvalue weighted by molar-refractivity contribution is 8.15. The van der Waals surface area contributed by atoms with Crippen molar-refractivity contribution in [2.75, 3.05) is 11.9 Å². The second kappa shape index (κ2) is 9.65. The Labute approximate surface area is 187 Å². The molecule has 0 radical (unpaired) electrons. The van der Waals surface area contributed by atoms with E-state index in [1.807, 2.05) is 25.1 Å². The molecule has 2 aromatic rings. The molecular formula is C21H20ClF2N3O3S. The smallest absolute Gasteiger partial charge is 0.420 e. The van der Waals surface area contributed by atoms with Crippen LogP contribution in [0.3, 0.4) is 0 Å². The van der Waals surface area contributed by atoms with Crippen LogP contribution in [-0.4, -0.2) is 39.2 Å². The molecule has 1 heterocycles.